The molecule has 3 fully saturated rings. The van der Waals surface area contributed by atoms with Crippen molar-refractivity contribution in [3.63, 3.8) is 0 Å². The van der Waals surface area contributed by atoms with Crippen LogP contribution in [-0.2, 0) is 24.6 Å². The lowest BCUT2D eigenvalue weighted by Crippen LogP contribution is -2.49. The number of amides is 1. The van der Waals surface area contributed by atoms with Gasteiger partial charge in [-0.3, -0.25) is 4.79 Å². The molecule has 2 aliphatic heterocycles. The van der Waals surface area contributed by atoms with E-state index in [4.69, 9.17) is 9.47 Å². The number of aliphatic hydroxyl groups excluding tert-OH is 1. The number of pyridine rings is 1. The third-order valence-electron chi connectivity index (χ3n) is 8.90. The Morgan fingerprint density at radius 1 is 1.15 bits per heavy atom. The second-order valence-electron chi connectivity index (χ2n) is 12.0. The minimum atomic E-state index is -4.22. The largest absolute Gasteiger partial charge is 0.491 e. The van der Waals surface area contributed by atoms with Crippen LogP contribution < -0.4 is 10.2 Å². The molecule has 3 heterocycles. The van der Waals surface area contributed by atoms with Gasteiger partial charge in [-0.2, -0.15) is 4.31 Å². The molecule has 2 atom stereocenters. The van der Waals surface area contributed by atoms with E-state index in [1.54, 1.807) is 12.1 Å². The van der Waals surface area contributed by atoms with Crippen LogP contribution in [0.4, 0.5) is 9.18 Å². The first-order valence-electron chi connectivity index (χ1n) is 14.9. The zero-order valence-corrected chi connectivity index (χ0v) is 26.3. The van der Waals surface area contributed by atoms with Crippen molar-refractivity contribution in [2.24, 2.45) is 0 Å². The number of ether oxygens (including phenoxy) is 2. The Labute approximate surface area is 264 Å². The lowest BCUT2D eigenvalue weighted by Gasteiger charge is -2.38. The Hall–Kier alpha value is -3.57. The number of hydrogen-bond acceptors (Lipinski definition) is 9. The van der Waals surface area contributed by atoms with E-state index in [-0.39, 0.29) is 78.9 Å². The number of hydrogen-bond donors (Lipinski definition) is 3. The van der Waals surface area contributed by atoms with Gasteiger partial charge in [0.2, 0.25) is 15.5 Å². The highest BCUT2D eigenvalue weighted by atomic mass is 32.2. The highest BCUT2D eigenvalue weighted by molar-refractivity contribution is 7.92. The van der Waals surface area contributed by atoms with Gasteiger partial charge in [-0.05, 0) is 62.4 Å². The molecule has 6 rings (SSSR count). The van der Waals surface area contributed by atoms with Crippen LogP contribution >= 0.6 is 0 Å². The van der Waals surface area contributed by atoms with Crippen molar-refractivity contribution in [2.75, 3.05) is 32.8 Å². The van der Waals surface area contributed by atoms with Crippen molar-refractivity contribution >= 4 is 36.9 Å². The van der Waals surface area contributed by atoms with Crippen LogP contribution in [0.1, 0.15) is 32.1 Å². The Balaban J connectivity index is 1.06. The summed E-state index contributed by atoms with van der Waals surface area (Å²) < 4.78 is 78.8. The SMILES string of the molecule is O=C(O)N(C[C@H](O)COc1cccc(S(=O)(=O)C2CC2)c1)[C@H]1COC2(CCN(S(=O)(=O)c3c[nH]c4c(F)cccc4c3=O)CC2)C1. The summed E-state index contributed by atoms with van der Waals surface area (Å²) in [4.78, 5) is 28.5. The maximum atomic E-state index is 14.1. The van der Waals surface area contributed by atoms with Crippen molar-refractivity contribution in [3.8, 4) is 5.75 Å². The summed E-state index contributed by atoms with van der Waals surface area (Å²) in [6.45, 7) is -0.471. The van der Waals surface area contributed by atoms with E-state index in [9.17, 15) is 41.0 Å². The molecule has 1 amide bonds. The number of para-hydroxylation sites is 1. The van der Waals surface area contributed by atoms with E-state index in [1.165, 1.54) is 28.6 Å². The maximum Gasteiger partial charge on any atom is 0.407 e. The number of sulfonamides is 1. The molecule has 0 unspecified atom stereocenters. The van der Waals surface area contributed by atoms with Crippen LogP contribution in [-0.4, -0.2) is 103 Å². The monoisotopic (exact) mass is 679 g/mol. The van der Waals surface area contributed by atoms with E-state index >= 15 is 0 Å². The van der Waals surface area contributed by atoms with Gasteiger partial charge in [0.25, 0.3) is 0 Å². The molecule has 3 aliphatic rings. The second-order valence-corrected chi connectivity index (χ2v) is 16.2. The number of sulfone groups is 1. The number of benzene rings is 2. The average molecular weight is 680 g/mol. The molecule has 3 N–H and O–H groups in total. The quantitative estimate of drug-likeness (QED) is 0.288. The summed E-state index contributed by atoms with van der Waals surface area (Å²) in [5.41, 5.74) is -1.68. The molecule has 2 aromatic carbocycles. The Kier molecular flexibility index (Phi) is 8.60. The lowest BCUT2D eigenvalue weighted by atomic mass is 9.88. The predicted octanol–water partition coefficient (Wildman–Crippen LogP) is 2.34. The maximum absolute atomic E-state index is 14.1. The number of nitrogens with zero attached hydrogens (tertiary/aromatic N) is 2. The van der Waals surface area contributed by atoms with E-state index in [2.05, 4.69) is 4.98 Å². The molecule has 46 heavy (non-hydrogen) atoms. The first kappa shape index (κ1) is 32.4. The van der Waals surface area contributed by atoms with Gasteiger partial charge in [0.05, 0.1) is 40.5 Å². The highest BCUT2D eigenvalue weighted by Gasteiger charge is 2.47. The summed E-state index contributed by atoms with van der Waals surface area (Å²) in [5, 5.41) is 20.1. The summed E-state index contributed by atoms with van der Waals surface area (Å²) >= 11 is 0. The highest BCUT2D eigenvalue weighted by Crippen LogP contribution is 2.39. The third kappa shape index (κ3) is 6.23. The van der Waals surface area contributed by atoms with Gasteiger partial charge < -0.3 is 29.6 Å². The molecule has 1 aliphatic carbocycles. The van der Waals surface area contributed by atoms with E-state index in [0.717, 1.165) is 17.2 Å². The molecule has 13 nitrogen and oxygen atoms in total. The first-order valence-corrected chi connectivity index (χ1v) is 17.9. The second kappa shape index (κ2) is 12.2. The molecule has 0 bridgehead atoms. The normalized spacial score (nSPS) is 21.0. The zero-order chi connectivity index (χ0) is 32.9. The van der Waals surface area contributed by atoms with Gasteiger partial charge in [-0.25, -0.2) is 26.0 Å². The van der Waals surface area contributed by atoms with Gasteiger partial charge >= 0.3 is 6.09 Å². The minimum absolute atomic E-state index is 0.0226. The molecule has 2 saturated heterocycles. The van der Waals surface area contributed by atoms with Crippen LogP contribution in [0.25, 0.3) is 10.9 Å². The summed E-state index contributed by atoms with van der Waals surface area (Å²) in [7, 11) is -7.64. The number of aliphatic hydroxyl groups is 1. The van der Waals surface area contributed by atoms with Crippen molar-refractivity contribution in [3.05, 3.63) is 64.7 Å². The fourth-order valence-electron chi connectivity index (χ4n) is 6.20. The molecule has 0 radical (unpaired) electrons. The number of carboxylic acid groups (broad SMARTS) is 1. The number of aromatic nitrogens is 1. The van der Waals surface area contributed by atoms with Crippen molar-refractivity contribution in [1.29, 1.82) is 0 Å². The topological polar surface area (TPSA) is 184 Å². The van der Waals surface area contributed by atoms with Gasteiger partial charge in [0, 0.05) is 24.7 Å². The number of fused-ring (bicyclic) bond motifs is 1. The van der Waals surface area contributed by atoms with Gasteiger partial charge in [-0.15, -0.1) is 0 Å². The Morgan fingerprint density at radius 3 is 2.57 bits per heavy atom. The van der Waals surface area contributed by atoms with Gasteiger partial charge in [0.1, 0.15) is 29.2 Å². The number of nitrogens with one attached hydrogen (secondary N) is 1. The number of piperidine rings is 1. The van der Waals surface area contributed by atoms with Crippen LogP contribution in [0, 0.1) is 5.82 Å². The molecule has 1 spiro atoms. The molecule has 16 heteroatoms. The molecular weight excluding hydrogens is 645 g/mol. The van der Waals surface area contributed by atoms with Gasteiger partial charge in [0.15, 0.2) is 9.84 Å². The Bertz CT molecular complexity index is 1920. The molecule has 1 aromatic heterocycles. The first-order chi connectivity index (χ1) is 21.8. The van der Waals surface area contributed by atoms with Gasteiger partial charge in [-0.1, -0.05) is 12.1 Å². The number of H-pyrrole nitrogens is 1. The molecular formula is C30H34FN3O10S2. The number of rotatable bonds is 10. The molecule has 3 aromatic rings. The minimum Gasteiger partial charge on any atom is -0.491 e. The molecule has 248 valence electrons. The predicted molar refractivity (Wildman–Crippen MR) is 162 cm³/mol. The standard InChI is InChI=1S/C30H34FN3O10S2/c31-25-6-2-5-24-27(25)32-15-26(28(24)36)46(41,42)33-11-9-30(10-12-33)14-19(17-44-30)34(29(37)38)16-20(35)18-43-21-3-1-4-23(13-21)45(39,40)22-7-8-22/h1-6,13,15,19-20,22,35H,7-12,14,16-18H2,(H,32,36)(H,37,38)/t19-,20+/m1/s1. The summed E-state index contributed by atoms with van der Waals surface area (Å²) in [6, 6.07) is 9.23. The number of carbonyl (C=O) groups is 1. The smallest absolute Gasteiger partial charge is 0.407 e. The number of halogens is 1. The summed E-state index contributed by atoms with van der Waals surface area (Å²) in [5.74, 6) is -0.432. The Morgan fingerprint density at radius 2 is 1.87 bits per heavy atom. The number of aromatic amines is 1. The van der Waals surface area contributed by atoms with E-state index in [0.29, 0.717) is 12.8 Å². The van der Waals surface area contributed by atoms with Crippen LogP contribution in [0.5, 0.6) is 5.75 Å². The van der Waals surface area contributed by atoms with E-state index in [1.807, 2.05) is 0 Å². The van der Waals surface area contributed by atoms with E-state index < -0.39 is 59.8 Å². The van der Waals surface area contributed by atoms with Crippen LogP contribution in [0.3, 0.4) is 0 Å². The average Bonchev–Trinajstić information content (AvgIpc) is 3.82. The third-order valence-corrected chi connectivity index (χ3v) is 13.1. The van der Waals surface area contributed by atoms with Crippen molar-refractivity contribution in [1.82, 2.24) is 14.2 Å². The summed E-state index contributed by atoms with van der Waals surface area (Å²) in [6.07, 6.45) is 0.530. The van der Waals surface area contributed by atoms with Crippen LogP contribution in [0.15, 0.2) is 63.2 Å². The fraction of sp³-hybridized carbons (Fsp3) is 0.467. The van der Waals surface area contributed by atoms with Crippen molar-refractivity contribution < 1.29 is 45.7 Å². The lowest BCUT2D eigenvalue weighted by molar-refractivity contribution is -0.0319. The van der Waals surface area contributed by atoms with Crippen LogP contribution in [0.2, 0.25) is 0 Å². The zero-order valence-electron chi connectivity index (χ0n) is 24.7. The van der Waals surface area contributed by atoms with Crippen molar-refractivity contribution in [2.45, 2.75) is 64.9 Å². The fourth-order valence-corrected chi connectivity index (χ4v) is 9.38. The molecule has 1 saturated carbocycles.